The van der Waals surface area contributed by atoms with Crippen LogP contribution in [0, 0.1) is 11.8 Å². The van der Waals surface area contributed by atoms with Crippen LogP contribution in [0.3, 0.4) is 0 Å². The maximum absolute atomic E-state index is 5.88. The molecule has 114 valence electrons. The molecule has 1 aromatic heterocycles. The summed E-state index contributed by atoms with van der Waals surface area (Å²) in [5.41, 5.74) is 4.11. The van der Waals surface area contributed by atoms with Crippen LogP contribution in [0.2, 0.25) is 0 Å². The lowest BCUT2D eigenvalue weighted by Crippen LogP contribution is -2.35. The molecule has 0 saturated heterocycles. The van der Waals surface area contributed by atoms with E-state index >= 15 is 0 Å². The molecule has 1 aliphatic carbocycles. The van der Waals surface area contributed by atoms with E-state index in [4.69, 9.17) is 10.6 Å². The van der Waals surface area contributed by atoms with Crippen molar-refractivity contribution in [2.75, 3.05) is 7.11 Å². The van der Waals surface area contributed by atoms with E-state index in [-0.39, 0.29) is 6.04 Å². The van der Waals surface area contributed by atoms with Crippen LogP contribution in [0.1, 0.15) is 64.2 Å². The standard InChI is InChI=1S/C15H28N4O/c1-5-11-6-7-12(8-11)14(18-16)15-13(20-4)9-17-19(15)10(2)3/h9-12,14,18H,5-8,16H2,1-4H3. The molecule has 5 heteroatoms. The molecule has 1 fully saturated rings. The number of hydrogen-bond acceptors (Lipinski definition) is 4. The van der Waals surface area contributed by atoms with E-state index in [1.807, 2.05) is 4.68 Å². The summed E-state index contributed by atoms with van der Waals surface area (Å²) in [4.78, 5) is 0. The molecule has 0 amide bonds. The Morgan fingerprint density at radius 3 is 2.75 bits per heavy atom. The number of nitrogens with one attached hydrogen (secondary N) is 1. The first-order chi connectivity index (χ1) is 9.62. The SMILES string of the molecule is CCC1CCC(C(NN)c2c(OC)cnn2C(C)C)C1. The van der Waals surface area contributed by atoms with Gasteiger partial charge in [-0.15, -0.1) is 0 Å². The minimum Gasteiger partial charge on any atom is -0.493 e. The van der Waals surface area contributed by atoms with Gasteiger partial charge in [0.2, 0.25) is 0 Å². The average Bonchev–Trinajstić information content (AvgIpc) is 3.06. The highest BCUT2D eigenvalue weighted by Crippen LogP contribution is 2.42. The molecule has 20 heavy (non-hydrogen) atoms. The third kappa shape index (κ3) is 2.83. The van der Waals surface area contributed by atoms with Crippen LogP contribution >= 0.6 is 0 Å². The largest absolute Gasteiger partial charge is 0.493 e. The van der Waals surface area contributed by atoms with E-state index in [1.54, 1.807) is 13.3 Å². The van der Waals surface area contributed by atoms with Gasteiger partial charge in [-0.3, -0.25) is 16.0 Å². The van der Waals surface area contributed by atoms with Crippen molar-refractivity contribution in [1.29, 1.82) is 0 Å². The Hall–Kier alpha value is -1.07. The first-order valence-corrected chi connectivity index (χ1v) is 7.69. The van der Waals surface area contributed by atoms with Crippen LogP contribution in [0.4, 0.5) is 0 Å². The second-order valence-electron chi connectivity index (χ2n) is 6.13. The van der Waals surface area contributed by atoms with Gasteiger partial charge in [-0.05, 0) is 38.5 Å². The molecule has 5 nitrogen and oxygen atoms in total. The second kappa shape index (κ2) is 6.59. The van der Waals surface area contributed by atoms with Crippen molar-refractivity contribution < 1.29 is 4.74 Å². The average molecular weight is 280 g/mol. The zero-order chi connectivity index (χ0) is 14.7. The summed E-state index contributed by atoms with van der Waals surface area (Å²) in [6.07, 6.45) is 6.81. The normalized spacial score (nSPS) is 24.3. The van der Waals surface area contributed by atoms with Gasteiger partial charge in [-0.1, -0.05) is 19.8 Å². The molecule has 1 aliphatic rings. The van der Waals surface area contributed by atoms with Crippen molar-refractivity contribution in [3.63, 3.8) is 0 Å². The highest BCUT2D eigenvalue weighted by Gasteiger charge is 2.34. The Balaban J connectivity index is 2.29. The van der Waals surface area contributed by atoms with Crippen LogP contribution in [-0.4, -0.2) is 16.9 Å². The van der Waals surface area contributed by atoms with Gasteiger partial charge < -0.3 is 4.74 Å². The molecule has 0 radical (unpaired) electrons. The number of ether oxygens (including phenoxy) is 1. The molecular weight excluding hydrogens is 252 g/mol. The predicted molar refractivity (Wildman–Crippen MR) is 80.4 cm³/mol. The Kier molecular flexibility index (Phi) is 5.05. The monoisotopic (exact) mass is 280 g/mol. The van der Waals surface area contributed by atoms with E-state index < -0.39 is 0 Å². The number of aromatic nitrogens is 2. The molecule has 0 aromatic carbocycles. The van der Waals surface area contributed by atoms with Crippen molar-refractivity contribution in [3.05, 3.63) is 11.9 Å². The van der Waals surface area contributed by atoms with E-state index in [2.05, 4.69) is 31.3 Å². The number of nitrogens with zero attached hydrogens (tertiary/aromatic N) is 2. The summed E-state index contributed by atoms with van der Waals surface area (Å²) >= 11 is 0. The molecule has 3 unspecified atom stereocenters. The third-order valence-electron chi connectivity index (χ3n) is 4.61. The Bertz CT molecular complexity index is 430. The summed E-state index contributed by atoms with van der Waals surface area (Å²) in [7, 11) is 1.70. The second-order valence-corrected chi connectivity index (χ2v) is 6.13. The van der Waals surface area contributed by atoms with Gasteiger partial charge >= 0.3 is 0 Å². The summed E-state index contributed by atoms with van der Waals surface area (Å²) < 4.78 is 7.52. The fourth-order valence-corrected chi connectivity index (χ4v) is 3.45. The van der Waals surface area contributed by atoms with Crippen molar-refractivity contribution in [2.45, 2.75) is 58.5 Å². The van der Waals surface area contributed by atoms with Gasteiger partial charge in [0.15, 0.2) is 5.75 Å². The third-order valence-corrected chi connectivity index (χ3v) is 4.61. The maximum Gasteiger partial charge on any atom is 0.161 e. The Labute approximate surface area is 121 Å². The van der Waals surface area contributed by atoms with Gasteiger partial charge in [0.05, 0.1) is 25.0 Å². The quantitative estimate of drug-likeness (QED) is 0.621. The number of rotatable bonds is 6. The first kappa shape index (κ1) is 15.3. The van der Waals surface area contributed by atoms with Gasteiger partial charge in [-0.2, -0.15) is 5.10 Å². The van der Waals surface area contributed by atoms with Crippen LogP contribution in [0.5, 0.6) is 5.75 Å². The van der Waals surface area contributed by atoms with Gasteiger partial charge in [0.25, 0.3) is 0 Å². The lowest BCUT2D eigenvalue weighted by molar-refractivity contribution is 0.315. The highest BCUT2D eigenvalue weighted by molar-refractivity contribution is 5.29. The summed E-state index contributed by atoms with van der Waals surface area (Å²) in [5, 5.41) is 4.46. The van der Waals surface area contributed by atoms with E-state index in [0.717, 1.165) is 17.4 Å². The maximum atomic E-state index is 5.88. The van der Waals surface area contributed by atoms with E-state index in [1.165, 1.54) is 25.7 Å². The van der Waals surface area contributed by atoms with Crippen LogP contribution in [0.25, 0.3) is 0 Å². The number of methoxy groups -OCH3 is 1. The lowest BCUT2D eigenvalue weighted by Gasteiger charge is -2.26. The topological polar surface area (TPSA) is 65.1 Å². The fourth-order valence-electron chi connectivity index (χ4n) is 3.45. The molecule has 3 N–H and O–H groups in total. The van der Waals surface area contributed by atoms with Crippen molar-refractivity contribution in [2.24, 2.45) is 17.7 Å². The zero-order valence-electron chi connectivity index (χ0n) is 13.1. The summed E-state index contributed by atoms with van der Waals surface area (Å²) in [6.45, 7) is 6.54. The molecule has 0 aliphatic heterocycles. The van der Waals surface area contributed by atoms with E-state index in [9.17, 15) is 0 Å². The van der Waals surface area contributed by atoms with Crippen LogP contribution in [0.15, 0.2) is 6.20 Å². The minimum atomic E-state index is 0.117. The highest BCUT2D eigenvalue weighted by atomic mass is 16.5. The minimum absolute atomic E-state index is 0.117. The Morgan fingerprint density at radius 2 is 2.25 bits per heavy atom. The molecule has 0 bridgehead atoms. The van der Waals surface area contributed by atoms with Crippen LogP contribution < -0.4 is 16.0 Å². The Morgan fingerprint density at radius 1 is 1.50 bits per heavy atom. The summed E-state index contributed by atoms with van der Waals surface area (Å²) in [6, 6.07) is 0.416. The van der Waals surface area contributed by atoms with E-state index in [0.29, 0.717) is 12.0 Å². The van der Waals surface area contributed by atoms with Gasteiger partial charge in [0.1, 0.15) is 0 Å². The fraction of sp³-hybridized carbons (Fsp3) is 0.800. The number of nitrogens with two attached hydrogens (primary N) is 1. The van der Waals surface area contributed by atoms with Crippen molar-refractivity contribution in [1.82, 2.24) is 15.2 Å². The zero-order valence-corrected chi connectivity index (χ0v) is 13.1. The lowest BCUT2D eigenvalue weighted by atomic mass is 9.93. The van der Waals surface area contributed by atoms with Crippen LogP contribution in [-0.2, 0) is 0 Å². The molecule has 3 atom stereocenters. The molecule has 1 aromatic rings. The van der Waals surface area contributed by atoms with Gasteiger partial charge in [0, 0.05) is 6.04 Å². The summed E-state index contributed by atoms with van der Waals surface area (Å²) in [5.74, 6) is 8.11. The van der Waals surface area contributed by atoms with Gasteiger partial charge in [-0.25, -0.2) is 0 Å². The van der Waals surface area contributed by atoms with Crippen molar-refractivity contribution in [3.8, 4) is 5.75 Å². The van der Waals surface area contributed by atoms with Crippen molar-refractivity contribution >= 4 is 0 Å². The number of hydrogen-bond donors (Lipinski definition) is 2. The molecule has 2 rings (SSSR count). The number of hydrazine groups is 1. The molecule has 1 saturated carbocycles. The molecule has 0 spiro atoms. The molecule has 1 heterocycles. The smallest absolute Gasteiger partial charge is 0.161 e. The molecular formula is C15H28N4O. The first-order valence-electron chi connectivity index (χ1n) is 7.69. The predicted octanol–water partition coefficient (Wildman–Crippen LogP) is 2.80.